The van der Waals surface area contributed by atoms with Gasteiger partial charge < -0.3 is 15.3 Å². The number of hydrogen-bond donors (Lipinski definition) is 2. The van der Waals surface area contributed by atoms with Crippen molar-refractivity contribution in [3.05, 3.63) is 12.7 Å². The van der Waals surface area contributed by atoms with E-state index in [1.807, 2.05) is 0 Å². The Kier molecular flexibility index (Phi) is 5.68. The molecule has 0 radical (unpaired) electrons. The van der Waals surface area contributed by atoms with Crippen molar-refractivity contribution in [2.24, 2.45) is 5.92 Å². The number of hydrogen-bond acceptors (Lipinski definition) is 2. The average molecular weight is 254 g/mol. The van der Waals surface area contributed by atoms with E-state index in [0.29, 0.717) is 5.92 Å². The SMILES string of the molecule is C=CCC(NC(=O)N1CCC(CCC)C1)C(=O)O. The Bertz CT molecular complexity index is 317. The number of nitrogens with one attached hydrogen (secondary N) is 1. The van der Waals surface area contributed by atoms with Crippen LogP contribution in [-0.4, -0.2) is 41.1 Å². The summed E-state index contributed by atoms with van der Waals surface area (Å²) in [5, 5.41) is 11.5. The minimum atomic E-state index is -1.02. The molecule has 2 amide bonds. The Morgan fingerprint density at radius 2 is 2.33 bits per heavy atom. The Balaban J connectivity index is 2.45. The lowest BCUT2D eigenvalue weighted by Crippen LogP contribution is -2.47. The number of urea groups is 1. The number of rotatable bonds is 6. The van der Waals surface area contributed by atoms with E-state index < -0.39 is 12.0 Å². The predicted octanol–water partition coefficient (Wildman–Crippen LogP) is 1.85. The Labute approximate surface area is 108 Å². The van der Waals surface area contributed by atoms with Crippen molar-refractivity contribution in [1.29, 1.82) is 0 Å². The summed E-state index contributed by atoms with van der Waals surface area (Å²) in [6.45, 7) is 7.08. The van der Waals surface area contributed by atoms with Gasteiger partial charge in [0.05, 0.1) is 0 Å². The smallest absolute Gasteiger partial charge is 0.326 e. The molecule has 0 spiro atoms. The predicted molar refractivity (Wildman–Crippen MR) is 69.4 cm³/mol. The number of aliphatic carboxylic acids is 1. The van der Waals surface area contributed by atoms with Gasteiger partial charge in [-0.1, -0.05) is 19.4 Å². The summed E-state index contributed by atoms with van der Waals surface area (Å²) in [4.78, 5) is 24.5. The minimum Gasteiger partial charge on any atom is -0.480 e. The van der Waals surface area contributed by atoms with Crippen LogP contribution in [0.15, 0.2) is 12.7 Å². The molecule has 1 aliphatic heterocycles. The highest BCUT2D eigenvalue weighted by atomic mass is 16.4. The van der Waals surface area contributed by atoms with Gasteiger partial charge in [-0.3, -0.25) is 0 Å². The van der Waals surface area contributed by atoms with Crippen molar-refractivity contribution in [3.8, 4) is 0 Å². The molecule has 0 aromatic heterocycles. The molecule has 5 nitrogen and oxygen atoms in total. The summed E-state index contributed by atoms with van der Waals surface area (Å²) in [5.74, 6) is -0.462. The molecule has 2 unspecified atom stereocenters. The highest BCUT2D eigenvalue weighted by Gasteiger charge is 2.28. The third-order valence-corrected chi connectivity index (χ3v) is 3.27. The summed E-state index contributed by atoms with van der Waals surface area (Å²) in [5.41, 5.74) is 0. The Hall–Kier alpha value is -1.52. The molecule has 0 aliphatic carbocycles. The van der Waals surface area contributed by atoms with E-state index in [4.69, 9.17) is 5.11 Å². The van der Waals surface area contributed by atoms with Gasteiger partial charge in [-0.05, 0) is 25.2 Å². The van der Waals surface area contributed by atoms with Crippen LogP contribution in [0.4, 0.5) is 4.79 Å². The molecule has 0 bridgehead atoms. The van der Waals surface area contributed by atoms with E-state index in [9.17, 15) is 9.59 Å². The maximum absolute atomic E-state index is 11.9. The van der Waals surface area contributed by atoms with E-state index in [-0.39, 0.29) is 12.5 Å². The highest BCUT2D eigenvalue weighted by Crippen LogP contribution is 2.20. The van der Waals surface area contributed by atoms with Crippen LogP contribution >= 0.6 is 0 Å². The first kappa shape index (κ1) is 14.5. The quantitative estimate of drug-likeness (QED) is 0.711. The molecule has 0 aromatic carbocycles. The number of likely N-dealkylation sites (tertiary alicyclic amines) is 1. The molecule has 1 heterocycles. The molecule has 2 atom stereocenters. The third kappa shape index (κ3) is 4.05. The monoisotopic (exact) mass is 254 g/mol. The van der Waals surface area contributed by atoms with Crippen molar-refractivity contribution in [1.82, 2.24) is 10.2 Å². The molecule has 1 fully saturated rings. The lowest BCUT2D eigenvalue weighted by molar-refractivity contribution is -0.139. The van der Waals surface area contributed by atoms with E-state index in [1.165, 1.54) is 6.08 Å². The summed E-state index contributed by atoms with van der Waals surface area (Å²) < 4.78 is 0. The molecule has 2 N–H and O–H groups in total. The number of carbonyl (C=O) groups is 2. The third-order valence-electron chi connectivity index (χ3n) is 3.27. The van der Waals surface area contributed by atoms with Gasteiger partial charge in [-0.15, -0.1) is 6.58 Å². The van der Waals surface area contributed by atoms with Gasteiger partial charge in [0.2, 0.25) is 0 Å². The zero-order valence-electron chi connectivity index (χ0n) is 10.9. The molecule has 0 aromatic rings. The van der Waals surface area contributed by atoms with Crippen LogP contribution in [0.2, 0.25) is 0 Å². The van der Waals surface area contributed by atoms with Crippen molar-refractivity contribution >= 4 is 12.0 Å². The first-order valence-electron chi connectivity index (χ1n) is 6.47. The molecule has 0 saturated carbocycles. The van der Waals surface area contributed by atoms with Gasteiger partial charge in [-0.25, -0.2) is 9.59 Å². The summed E-state index contributed by atoms with van der Waals surface area (Å²) in [6.07, 6.45) is 5.00. The average Bonchev–Trinajstić information content (AvgIpc) is 2.77. The summed E-state index contributed by atoms with van der Waals surface area (Å²) in [6, 6.07) is -1.15. The van der Waals surface area contributed by atoms with Crippen LogP contribution in [0.1, 0.15) is 32.6 Å². The number of nitrogens with zero attached hydrogens (tertiary/aromatic N) is 1. The molecule has 18 heavy (non-hydrogen) atoms. The van der Waals surface area contributed by atoms with Gasteiger partial charge in [0.1, 0.15) is 6.04 Å². The van der Waals surface area contributed by atoms with E-state index in [1.54, 1.807) is 4.90 Å². The van der Waals surface area contributed by atoms with Gasteiger partial charge in [0.25, 0.3) is 0 Å². The van der Waals surface area contributed by atoms with Crippen molar-refractivity contribution in [2.75, 3.05) is 13.1 Å². The van der Waals surface area contributed by atoms with Gasteiger partial charge in [0, 0.05) is 13.1 Å². The number of carboxylic acid groups (broad SMARTS) is 1. The molecule has 1 aliphatic rings. The fourth-order valence-electron chi connectivity index (χ4n) is 2.29. The lowest BCUT2D eigenvalue weighted by Gasteiger charge is -2.20. The standard InChI is InChI=1S/C13H22N2O3/c1-3-5-10-7-8-15(9-10)13(18)14-11(6-4-2)12(16)17/h4,10-11H,2-3,5-9H2,1H3,(H,14,18)(H,16,17). The van der Waals surface area contributed by atoms with Crippen LogP contribution in [0.25, 0.3) is 0 Å². The largest absolute Gasteiger partial charge is 0.480 e. The second-order valence-corrected chi connectivity index (χ2v) is 4.75. The van der Waals surface area contributed by atoms with Gasteiger partial charge >= 0.3 is 12.0 Å². The van der Waals surface area contributed by atoms with Crippen LogP contribution < -0.4 is 5.32 Å². The number of carbonyl (C=O) groups excluding carboxylic acids is 1. The molecule has 102 valence electrons. The lowest BCUT2D eigenvalue weighted by atomic mass is 10.0. The molecular weight excluding hydrogens is 232 g/mol. The Morgan fingerprint density at radius 3 is 2.89 bits per heavy atom. The number of amides is 2. The van der Waals surface area contributed by atoms with Gasteiger partial charge in [-0.2, -0.15) is 0 Å². The normalized spacial score (nSPS) is 20.5. The first-order valence-corrected chi connectivity index (χ1v) is 6.47. The van der Waals surface area contributed by atoms with Crippen LogP contribution in [0.5, 0.6) is 0 Å². The second kappa shape index (κ2) is 7.03. The van der Waals surface area contributed by atoms with E-state index >= 15 is 0 Å². The van der Waals surface area contributed by atoms with Crippen molar-refractivity contribution in [2.45, 2.75) is 38.6 Å². The summed E-state index contributed by atoms with van der Waals surface area (Å²) in [7, 11) is 0. The maximum atomic E-state index is 11.9. The fourth-order valence-corrected chi connectivity index (χ4v) is 2.29. The first-order chi connectivity index (χ1) is 8.58. The highest BCUT2D eigenvalue weighted by molar-refractivity contribution is 5.82. The van der Waals surface area contributed by atoms with Gasteiger partial charge in [0.15, 0.2) is 0 Å². The minimum absolute atomic E-state index is 0.243. The number of carboxylic acids is 1. The Morgan fingerprint density at radius 1 is 1.61 bits per heavy atom. The zero-order chi connectivity index (χ0) is 13.5. The molecule has 1 saturated heterocycles. The second-order valence-electron chi connectivity index (χ2n) is 4.75. The van der Waals surface area contributed by atoms with Crippen LogP contribution in [-0.2, 0) is 4.79 Å². The molecule has 1 rings (SSSR count). The zero-order valence-corrected chi connectivity index (χ0v) is 10.9. The summed E-state index contributed by atoms with van der Waals surface area (Å²) >= 11 is 0. The van der Waals surface area contributed by atoms with Crippen LogP contribution in [0.3, 0.4) is 0 Å². The fraction of sp³-hybridized carbons (Fsp3) is 0.692. The molecular formula is C13H22N2O3. The molecule has 5 heteroatoms. The van der Waals surface area contributed by atoms with Crippen LogP contribution in [0, 0.1) is 5.92 Å². The van der Waals surface area contributed by atoms with Crippen molar-refractivity contribution < 1.29 is 14.7 Å². The van der Waals surface area contributed by atoms with E-state index in [0.717, 1.165) is 32.4 Å². The maximum Gasteiger partial charge on any atom is 0.326 e. The topological polar surface area (TPSA) is 69.6 Å². The van der Waals surface area contributed by atoms with E-state index in [2.05, 4.69) is 18.8 Å². The van der Waals surface area contributed by atoms with Crippen molar-refractivity contribution in [3.63, 3.8) is 0 Å².